The number of nitrogens with one attached hydrogen (secondary N) is 1. The molecule has 112 valence electrons. The second-order valence-corrected chi connectivity index (χ2v) is 4.93. The standard InChI is InChI=1S/C14H13N5O3/c20-14(21)12-13(18-19-17-12)22-11-7-10(16-15-8-11)6-5-9-3-1-2-4-9/h7-9H,1-4H2,(H,20,21)(H,17,18,19). The molecule has 0 atom stereocenters. The predicted molar refractivity (Wildman–Crippen MR) is 74.3 cm³/mol. The quantitative estimate of drug-likeness (QED) is 0.828. The molecule has 0 saturated heterocycles. The molecule has 2 aromatic heterocycles. The number of aromatic carboxylic acids is 1. The minimum Gasteiger partial charge on any atom is -0.476 e. The van der Waals surface area contributed by atoms with E-state index in [0.717, 1.165) is 12.8 Å². The molecule has 3 rings (SSSR count). The van der Waals surface area contributed by atoms with Crippen molar-refractivity contribution in [2.45, 2.75) is 25.7 Å². The molecular formula is C14H13N5O3. The Morgan fingerprint density at radius 3 is 2.95 bits per heavy atom. The van der Waals surface area contributed by atoms with Crippen LogP contribution < -0.4 is 4.74 Å². The van der Waals surface area contributed by atoms with Gasteiger partial charge in [-0.15, -0.1) is 5.10 Å². The second-order valence-electron chi connectivity index (χ2n) is 4.93. The Labute approximate surface area is 125 Å². The zero-order chi connectivity index (χ0) is 15.4. The first-order chi connectivity index (χ1) is 10.7. The summed E-state index contributed by atoms with van der Waals surface area (Å²) >= 11 is 0. The first kappa shape index (κ1) is 14.0. The maximum atomic E-state index is 10.9. The van der Waals surface area contributed by atoms with Gasteiger partial charge in [0, 0.05) is 12.0 Å². The van der Waals surface area contributed by atoms with Crippen molar-refractivity contribution in [3.63, 3.8) is 0 Å². The third-order valence-corrected chi connectivity index (χ3v) is 3.33. The second kappa shape index (κ2) is 6.22. The Balaban J connectivity index is 1.76. The number of nitrogens with zero attached hydrogens (tertiary/aromatic N) is 4. The number of aromatic nitrogens is 5. The molecular weight excluding hydrogens is 286 g/mol. The van der Waals surface area contributed by atoms with Gasteiger partial charge in [0.2, 0.25) is 5.69 Å². The molecule has 2 aromatic rings. The number of carboxylic acids is 1. The zero-order valence-corrected chi connectivity index (χ0v) is 11.6. The van der Waals surface area contributed by atoms with E-state index in [4.69, 9.17) is 9.84 Å². The fraction of sp³-hybridized carbons (Fsp3) is 0.357. The molecule has 1 aliphatic carbocycles. The number of hydrogen-bond donors (Lipinski definition) is 2. The lowest BCUT2D eigenvalue weighted by Gasteiger charge is -2.01. The van der Waals surface area contributed by atoms with Crippen molar-refractivity contribution in [2.75, 3.05) is 0 Å². The van der Waals surface area contributed by atoms with Gasteiger partial charge in [0.25, 0.3) is 5.88 Å². The molecule has 0 unspecified atom stereocenters. The number of rotatable bonds is 3. The lowest BCUT2D eigenvalue weighted by molar-refractivity contribution is 0.0687. The van der Waals surface area contributed by atoms with Gasteiger partial charge in [-0.25, -0.2) is 9.89 Å². The topological polar surface area (TPSA) is 114 Å². The summed E-state index contributed by atoms with van der Waals surface area (Å²) in [6, 6.07) is 1.59. The number of carbonyl (C=O) groups is 1. The average Bonchev–Trinajstić information content (AvgIpc) is 3.16. The van der Waals surface area contributed by atoms with Crippen LogP contribution in [0.25, 0.3) is 0 Å². The third kappa shape index (κ3) is 3.20. The summed E-state index contributed by atoms with van der Waals surface area (Å²) in [5, 5.41) is 25.9. The van der Waals surface area contributed by atoms with Crippen LogP contribution in [0.15, 0.2) is 12.3 Å². The Morgan fingerprint density at radius 1 is 1.36 bits per heavy atom. The number of aromatic amines is 1. The highest BCUT2D eigenvalue weighted by molar-refractivity contribution is 5.87. The van der Waals surface area contributed by atoms with Crippen LogP contribution in [0.3, 0.4) is 0 Å². The van der Waals surface area contributed by atoms with E-state index in [-0.39, 0.29) is 11.6 Å². The Hall–Kier alpha value is -2.95. The first-order valence-electron chi connectivity index (χ1n) is 6.89. The van der Waals surface area contributed by atoms with Crippen LogP contribution in [0, 0.1) is 17.8 Å². The summed E-state index contributed by atoms with van der Waals surface area (Å²) < 4.78 is 5.37. The predicted octanol–water partition coefficient (Wildman–Crippen LogP) is 1.63. The molecule has 0 spiro atoms. The summed E-state index contributed by atoms with van der Waals surface area (Å²) in [5.74, 6) is 5.55. The van der Waals surface area contributed by atoms with Gasteiger partial charge < -0.3 is 9.84 Å². The van der Waals surface area contributed by atoms with Gasteiger partial charge in [-0.05, 0) is 18.8 Å². The summed E-state index contributed by atoms with van der Waals surface area (Å²) in [5.41, 5.74) is 0.250. The molecule has 0 amide bonds. The van der Waals surface area contributed by atoms with Crippen molar-refractivity contribution in [3.05, 3.63) is 23.7 Å². The van der Waals surface area contributed by atoms with Gasteiger partial charge >= 0.3 is 5.97 Å². The van der Waals surface area contributed by atoms with Crippen LogP contribution in [0.4, 0.5) is 0 Å². The molecule has 0 aromatic carbocycles. The summed E-state index contributed by atoms with van der Waals surface area (Å²) in [6.07, 6.45) is 6.05. The lowest BCUT2D eigenvalue weighted by atomic mass is 10.1. The van der Waals surface area contributed by atoms with E-state index < -0.39 is 5.97 Å². The molecule has 0 aliphatic heterocycles. The molecule has 22 heavy (non-hydrogen) atoms. The minimum absolute atomic E-state index is 0.129. The zero-order valence-electron chi connectivity index (χ0n) is 11.6. The van der Waals surface area contributed by atoms with Crippen molar-refractivity contribution in [2.24, 2.45) is 5.92 Å². The largest absolute Gasteiger partial charge is 0.476 e. The van der Waals surface area contributed by atoms with E-state index >= 15 is 0 Å². The number of ether oxygens (including phenoxy) is 1. The highest BCUT2D eigenvalue weighted by atomic mass is 16.5. The fourth-order valence-corrected chi connectivity index (χ4v) is 2.25. The van der Waals surface area contributed by atoms with Gasteiger partial charge in [-0.1, -0.05) is 29.1 Å². The maximum absolute atomic E-state index is 10.9. The Kier molecular flexibility index (Phi) is 3.96. The van der Waals surface area contributed by atoms with E-state index in [0.29, 0.717) is 17.4 Å². The van der Waals surface area contributed by atoms with Gasteiger partial charge in [0.1, 0.15) is 5.69 Å². The highest BCUT2D eigenvalue weighted by Gasteiger charge is 2.17. The SMILES string of the molecule is O=C(O)c1[nH]nnc1Oc1cnnc(C#CC2CCCC2)c1. The van der Waals surface area contributed by atoms with Crippen molar-refractivity contribution < 1.29 is 14.6 Å². The van der Waals surface area contributed by atoms with Crippen LogP contribution in [0.1, 0.15) is 41.9 Å². The van der Waals surface area contributed by atoms with Crippen molar-refractivity contribution in [3.8, 4) is 23.5 Å². The molecule has 1 saturated carbocycles. The third-order valence-electron chi connectivity index (χ3n) is 3.33. The van der Waals surface area contributed by atoms with Crippen LogP contribution in [0.2, 0.25) is 0 Å². The Bertz CT molecular complexity index is 740. The molecule has 8 nitrogen and oxygen atoms in total. The van der Waals surface area contributed by atoms with Crippen molar-refractivity contribution in [1.29, 1.82) is 0 Å². The van der Waals surface area contributed by atoms with Crippen LogP contribution in [-0.2, 0) is 0 Å². The number of carboxylic acid groups (broad SMARTS) is 1. The molecule has 8 heteroatoms. The van der Waals surface area contributed by atoms with Crippen molar-refractivity contribution >= 4 is 5.97 Å². The van der Waals surface area contributed by atoms with E-state index in [1.807, 2.05) is 0 Å². The van der Waals surface area contributed by atoms with Crippen LogP contribution in [0.5, 0.6) is 11.6 Å². The molecule has 0 bridgehead atoms. The van der Waals surface area contributed by atoms with Crippen LogP contribution in [-0.4, -0.2) is 36.7 Å². The average molecular weight is 299 g/mol. The lowest BCUT2D eigenvalue weighted by Crippen LogP contribution is -2.00. The van der Waals surface area contributed by atoms with E-state index in [1.165, 1.54) is 19.0 Å². The monoisotopic (exact) mass is 299 g/mol. The number of H-pyrrole nitrogens is 1. The van der Waals surface area contributed by atoms with Crippen LogP contribution >= 0.6 is 0 Å². The normalized spacial score (nSPS) is 14.4. The fourth-order valence-electron chi connectivity index (χ4n) is 2.25. The molecule has 1 fully saturated rings. The first-order valence-corrected chi connectivity index (χ1v) is 6.89. The number of hydrogen-bond acceptors (Lipinski definition) is 6. The van der Waals surface area contributed by atoms with E-state index in [9.17, 15) is 4.79 Å². The van der Waals surface area contributed by atoms with Gasteiger partial charge in [0.05, 0.1) is 6.20 Å². The van der Waals surface area contributed by atoms with Gasteiger partial charge in [-0.2, -0.15) is 5.10 Å². The smallest absolute Gasteiger partial charge is 0.359 e. The van der Waals surface area contributed by atoms with Crippen molar-refractivity contribution in [1.82, 2.24) is 25.6 Å². The summed E-state index contributed by atoms with van der Waals surface area (Å²) in [7, 11) is 0. The van der Waals surface area contributed by atoms with E-state index in [1.54, 1.807) is 6.07 Å². The van der Waals surface area contributed by atoms with E-state index in [2.05, 4.69) is 37.4 Å². The van der Waals surface area contributed by atoms with Gasteiger partial charge in [-0.3, -0.25) is 0 Å². The highest BCUT2D eigenvalue weighted by Crippen LogP contribution is 2.24. The molecule has 0 radical (unpaired) electrons. The van der Waals surface area contributed by atoms with Gasteiger partial charge in [0.15, 0.2) is 5.75 Å². The summed E-state index contributed by atoms with van der Waals surface area (Å²) in [6.45, 7) is 0. The molecule has 2 heterocycles. The minimum atomic E-state index is -1.21. The molecule has 1 aliphatic rings. The Morgan fingerprint density at radius 2 is 2.18 bits per heavy atom. The summed E-state index contributed by atoms with van der Waals surface area (Å²) in [4.78, 5) is 10.9. The molecule has 2 N–H and O–H groups in total. The maximum Gasteiger partial charge on any atom is 0.359 e.